The molecule has 18 heavy (non-hydrogen) atoms. The Morgan fingerprint density at radius 1 is 1.22 bits per heavy atom. The van der Waals surface area contributed by atoms with Gasteiger partial charge in [0.15, 0.2) is 0 Å². The second kappa shape index (κ2) is 6.76. The topological polar surface area (TPSA) is 35.5 Å². The first-order valence-electron chi connectivity index (χ1n) is 7.01. The molecule has 2 rings (SSSR count). The SMILES string of the molecule is CCC(CO)NCc1ccc(N2CCCC2)cc1. The molecule has 0 aromatic heterocycles. The zero-order chi connectivity index (χ0) is 12.8. The Balaban J connectivity index is 1.87. The molecule has 3 nitrogen and oxygen atoms in total. The molecule has 1 heterocycles. The van der Waals surface area contributed by atoms with E-state index in [9.17, 15) is 0 Å². The summed E-state index contributed by atoms with van der Waals surface area (Å²) in [5.74, 6) is 0. The van der Waals surface area contributed by atoms with Gasteiger partial charge in [-0.3, -0.25) is 0 Å². The van der Waals surface area contributed by atoms with Crippen LogP contribution in [-0.4, -0.2) is 30.8 Å². The van der Waals surface area contributed by atoms with Gasteiger partial charge in [-0.1, -0.05) is 19.1 Å². The van der Waals surface area contributed by atoms with Crippen molar-refractivity contribution in [3.05, 3.63) is 29.8 Å². The molecule has 0 amide bonds. The van der Waals surface area contributed by atoms with Crippen LogP contribution in [0.2, 0.25) is 0 Å². The molecule has 1 unspecified atom stereocenters. The predicted octanol–water partition coefficient (Wildman–Crippen LogP) is 2.15. The van der Waals surface area contributed by atoms with Crippen LogP contribution in [0.25, 0.3) is 0 Å². The van der Waals surface area contributed by atoms with Gasteiger partial charge in [0.2, 0.25) is 0 Å². The third-order valence-corrected chi connectivity index (χ3v) is 3.72. The molecule has 1 aromatic rings. The fourth-order valence-corrected chi connectivity index (χ4v) is 2.40. The lowest BCUT2D eigenvalue weighted by molar-refractivity contribution is 0.238. The Bertz CT molecular complexity index is 340. The van der Waals surface area contributed by atoms with Gasteiger partial charge in [0.05, 0.1) is 6.61 Å². The van der Waals surface area contributed by atoms with Gasteiger partial charge in [-0.15, -0.1) is 0 Å². The van der Waals surface area contributed by atoms with Gasteiger partial charge >= 0.3 is 0 Å². The Morgan fingerprint density at radius 2 is 1.89 bits per heavy atom. The third-order valence-electron chi connectivity index (χ3n) is 3.72. The number of nitrogens with zero attached hydrogens (tertiary/aromatic N) is 1. The van der Waals surface area contributed by atoms with E-state index in [-0.39, 0.29) is 12.6 Å². The summed E-state index contributed by atoms with van der Waals surface area (Å²) in [6.45, 7) is 5.52. The molecule has 1 aromatic carbocycles. The zero-order valence-electron chi connectivity index (χ0n) is 11.2. The van der Waals surface area contributed by atoms with Crippen LogP contribution in [0.1, 0.15) is 31.7 Å². The van der Waals surface area contributed by atoms with Gasteiger partial charge < -0.3 is 15.3 Å². The fraction of sp³-hybridized carbons (Fsp3) is 0.600. The Kier molecular flexibility index (Phi) is 5.02. The first-order chi connectivity index (χ1) is 8.83. The molecule has 100 valence electrons. The molecular weight excluding hydrogens is 224 g/mol. The summed E-state index contributed by atoms with van der Waals surface area (Å²) in [6, 6.07) is 9.00. The minimum absolute atomic E-state index is 0.211. The normalized spacial score (nSPS) is 17.1. The summed E-state index contributed by atoms with van der Waals surface area (Å²) in [7, 11) is 0. The van der Waals surface area contributed by atoms with Gasteiger partial charge in [0.25, 0.3) is 0 Å². The summed E-state index contributed by atoms with van der Waals surface area (Å²) in [6.07, 6.45) is 3.60. The second-order valence-electron chi connectivity index (χ2n) is 5.03. The van der Waals surface area contributed by atoms with Gasteiger partial charge in [-0.25, -0.2) is 0 Å². The van der Waals surface area contributed by atoms with E-state index in [1.807, 2.05) is 0 Å². The van der Waals surface area contributed by atoms with Crippen molar-refractivity contribution in [2.75, 3.05) is 24.6 Å². The molecule has 1 aliphatic rings. The molecule has 0 saturated carbocycles. The lowest BCUT2D eigenvalue weighted by atomic mass is 10.1. The summed E-state index contributed by atoms with van der Waals surface area (Å²) >= 11 is 0. The van der Waals surface area contributed by atoms with E-state index in [1.54, 1.807) is 0 Å². The maximum atomic E-state index is 9.12. The zero-order valence-corrected chi connectivity index (χ0v) is 11.2. The minimum atomic E-state index is 0.211. The van der Waals surface area contributed by atoms with Gasteiger partial charge in [-0.2, -0.15) is 0 Å². The van der Waals surface area contributed by atoms with E-state index in [4.69, 9.17) is 5.11 Å². The maximum absolute atomic E-state index is 9.12. The largest absolute Gasteiger partial charge is 0.395 e. The average Bonchev–Trinajstić information content (AvgIpc) is 2.94. The Morgan fingerprint density at radius 3 is 2.44 bits per heavy atom. The van der Waals surface area contributed by atoms with Crippen molar-refractivity contribution in [3.63, 3.8) is 0 Å². The van der Waals surface area contributed by atoms with E-state index in [0.717, 1.165) is 13.0 Å². The molecule has 0 bridgehead atoms. The summed E-state index contributed by atoms with van der Waals surface area (Å²) < 4.78 is 0. The summed E-state index contributed by atoms with van der Waals surface area (Å²) in [5, 5.41) is 12.5. The molecule has 1 aliphatic heterocycles. The number of anilines is 1. The molecular formula is C15H24N2O. The lowest BCUT2D eigenvalue weighted by Gasteiger charge is -2.18. The average molecular weight is 248 g/mol. The van der Waals surface area contributed by atoms with Crippen molar-refractivity contribution in [2.45, 2.75) is 38.8 Å². The van der Waals surface area contributed by atoms with Crippen LogP contribution in [0, 0.1) is 0 Å². The Labute approximate surface area is 110 Å². The number of aliphatic hydroxyl groups is 1. The van der Waals surface area contributed by atoms with E-state index >= 15 is 0 Å². The number of rotatable bonds is 6. The van der Waals surface area contributed by atoms with Crippen molar-refractivity contribution in [1.29, 1.82) is 0 Å². The van der Waals surface area contributed by atoms with Crippen molar-refractivity contribution < 1.29 is 5.11 Å². The maximum Gasteiger partial charge on any atom is 0.0584 e. The molecule has 1 atom stereocenters. The van der Waals surface area contributed by atoms with Crippen LogP contribution in [0.3, 0.4) is 0 Å². The molecule has 0 spiro atoms. The predicted molar refractivity (Wildman–Crippen MR) is 75.9 cm³/mol. The van der Waals surface area contributed by atoms with Gasteiger partial charge in [-0.05, 0) is 37.0 Å². The van der Waals surface area contributed by atoms with E-state index in [1.165, 1.54) is 37.2 Å². The van der Waals surface area contributed by atoms with Gasteiger partial charge in [0, 0.05) is 31.4 Å². The van der Waals surface area contributed by atoms with E-state index in [2.05, 4.69) is 41.4 Å². The number of hydrogen-bond donors (Lipinski definition) is 2. The quantitative estimate of drug-likeness (QED) is 0.809. The van der Waals surface area contributed by atoms with E-state index < -0.39 is 0 Å². The minimum Gasteiger partial charge on any atom is -0.395 e. The monoisotopic (exact) mass is 248 g/mol. The number of benzene rings is 1. The highest BCUT2D eigenvalue weighted by atomic mass is 16.3. The Hall–Kier alpha value is -1.06. The van der Waals surface area contributed by atoms with Crippen molar-refractivity contribution in [3.8, 4) is 0 Å². The molecule has 0 aliphatic carbocycles. The fourth-order valence-electron chi connectivity index (χ4n) is 2.40. The van der Waals surface area contributed by atoms with Crippen LogP contribution in [-0.2, 0) is 6.54 Å². The van der Waals surface area contributed by atoms with Crippen molar-refractivity contribution >= 4 is 5.69 Å². The highest BCUT2D eigenvalue weighted by Crippen LogP contribution is 2.20. The van der Waals surface area contributed by atoms with Crippen LogP contribution in [0.15, 0.2) is 24.3 Å². The smallest absolute Gasteiger partial charge is 0.0584 e. The molecule has 2 N–H and O–H groups in total. The van der Waals surface area contributed by atoms with Crippen molar-refractivity contribution in [1.82, 2.24) is 5.32 Å². The van der Waals surface area contributed by atoms with Crippen LogP contribution in [0.5, 0.6) is 0 Å². The molecule has 0 radical (unpaired) electrons. The lowest BCUT2D eigenvalue weighted by Crippen LogP contribution is -2.31. The molecule has 1 saturated heterocycles. The number of hydrogen-bond acceptors (Lipinski definition) is 3. The highest BCUT2D eigenvalue weighted by Gasteiger charge is 2.11. The second-order valence-corrected chi connectivity index (χ2v) is 5.03. The first-order valence-corrected chi connectivity index (χ1v) is 7.01. The van der Waals surface area contributed by atoms with Gasteiger partial charge in [0.1, 0.15) is 0 Å². The van der Waals surface area contributed by atoms with Crippen LogP contribution in [0.4, 0.5) is 5.69 Å². The number of aliphatic hydroxyl groups excluding tert-OH is 1. The standard InChI is InChI=1S/C15H24N2O/c1-2-14(12-18)16-11-13-5-7-15(8-6-13)17-9-3-4-10-17/h5-8,14,16,18H,2-4,9-12H2,1H3. The summed E-state index contributed by atoms with van der Waals surface area (Å²) in [5.41, 5.74) is 2.62. The van der Waals surface area contributed by atoms with Crippen molar-refractivity contribution in [2.24, 2.45) is 0 Å². The first kappa shape index (κ1) is 13.4. The third kappa shape index (κ3) is 3.47. The van der Waals surface area contributed by atoms with Crippen LogP contribution < -0.4 is 10.2 Å². The molecule has 1 fully saturated rings. The van der Waals surface area contributed by atoms with Crippen LogP contribution >= 0.6 is 0 Å². The number of nitrogens with one attached hydrogen (secondary N) is 1. The molecule has 3 heteroatoms. The van der Waals surface area contributed by atoms with E-state index in [0.29, 0.717) is 0 Å². The highest BCUT2D eigenvalue weighted by molar-refractivity contribution is 5.48. The summed E-state index contributed by atoms with van der Waals surface area (Å²) in [4.78, 5) is 2.44.